The number of amides is 2. The zero-order valence-corrected chi connectivity index (χ0v) is 17.3. The summed E-state index contributed by atoms with van der Waals surface area (Å²) in [4.78, 5) is 37.0. The Morgan fingerprint density at radius 1 is 1.03 bits per heavy atom. The van der Waals surface area contributed by atoms with Gasteiger partial charge in [0.05, 0.1) is 16.0 Å². The molecular weight excluding hydrogens is 413 g/mol. The van der Waals surface area contributed by atoms with Crippen molar-refractivity contribution in [3.63, 3.8) is 0 Å². The van der Waals surface area contributed by atoms with Gasteiger partial charge in [0.25, 0.3) is 5.56 Å². The van der Waals surface area contributed by atoms with Gasteiger partial charge < -0.3 is 15.6 Å². The summed E-state index contributed by atoms with van der Waals surface area (Å²) in [6, 6.07) is 11.0. The Hall–Kier alpha value is -2.83. The Bertz CT molecular complexity index is 1170. The van der Waals surface area contributed by atoms with E-state index < -0.39 is 17.9 Å². The lowest BCUT2D eigenvalue weighted by molar-refractivity contribution is -0.120. The summed E-state index contributed by atoms with van der Waals surface area (Å²) < 4.78 is 1.27. The zero-order chi connectivity index (χ0) is 21.3. The maximum Gasteiger partial charge on any atom is 0.259 e. The topological polar surface area (TPSA) is 94.2 Å². The number of anilines is 1. The van der Waals surface area contributed by atoms with Crippen LogP contribution < -0.4 is 16.6 Å². The van der Waals surface area contributed by atoms with Crippen LogP contribution in [0, 0.1) is 0 Å². The van der Waals surface area contributed by atoms with Crippen molar-refractivity contribution in [2.45, 2.75) is 25.8 Å². The van der Waals surface area contributed by atoms with Crippen molar-refractivity contribution < 1.29 is 9.59 Å². The Balaban J connectivity index is 1.95. The maximum absolute atomic E-state index is 12.8. The molecule has 0 aliphatic rings. The summed E-state index contributed by atoms with van der Waals surface area (Å²) in [6.07, 6.45) is 1.50. The van der Waals surface area contributed by atoms with Gasteiger partial charge >= 0.3 is 0 Å². The molecule has 8 heteroatoms. The van der Waals surface area contributed by atoms with Gasteiger partial charge in [-0.15, -0.1) is 0 Å². The van der Waals surface area contributed by atoms with Gasteiger partial charge in [-0.05, 0) is 49.7 Å². The molecule has 0 fully saturated rings. The van der Waals surface area contributed by atoms with Crippen molar-refractivity contribution in [1.82, 2.24) is 4.57 Å². The number of carbonyl (C=O) groups is 2. The fourth-order valence-electron chi connectivity index (χ4n) is 3.02. The minimum Gasteiger partial charge on any atom is -0.368 e. The van der Waals surface area contributed by atoms with Gasteiger partial charge in [-0.1, -0.05) is 35.3 Å². The first kappa shape index (κ1) is 20.9. The van der Waals surface area contributed by atoms with Crippen LogP contribution in [-0.4, -0.2) is 16.4 Å². The number of hydrogen-bond donors (Lipinski definition) is 2. The van der Waals surface area contributed by atoms with E-state index in [4.69, 9.17) is 28.9 Å². The fraction of sp³-hybridized carbons (Fsp3) is 0.190. The molecule has 0 unspecified atom stereocenters. The lowest BCUT2D eigenvalue weighted by Gasteiger charge is -2.16. The maximum atomic E-state index is 12.8. The van der Waals surface area contributed by atoms with Crippen molar-refractivity contribution in [2.75, 3.05) is 5.32 Å². The van der Waals surface area contributed by atoms with Crippen molar-refractivity contribution in [1.29, 1.82) is 0 Å². The number of halogens is 2. The highest BCUT2D eigenvalue weighted by atomic mass is 35.5. The first-order valence-electron chi connectivity index (χ1n) is 8.89. The summed E-state index contributed by atoms with van der Waals surface area (Å²) in [5.74, 6) is -1.35. The largest absolute Gasteiger partial charge is 0.368 e. The molecule has 1 heterocycles. The first-order chi connectivity index (χ1) is 13.7. The Labute approximate surface area is 177 Å². The van der Waals surface area contributed by atoms with Gasteiger partial charge in [-0.3, -0.25) is 14.4 Å². The minimum absolute atomic E-state index is 0.259. The molecule has 1 aromatic heterocycles. The van der Waals surface area contributed by atoms with Gasteiger partial charge in [-0.25, -0.2) is 0 Å². The molecule has 0 aliphatic heterocycles. The molecule has 0 saturated carbocycles. The average Bonchev–Trinajstić information content (AvgIpc) is 2.69. The summed E-state index contributed by atoms with van der Waals surface area (Å²) in [7, 11) is 0. The van der Waals surface area contributed by atoms with E-state index in [1.165, 1.54) is 10.8 Å². The molecule has 0 bridgehead atoms. The molecule has 0 spiro atoms. The molecule has 150 valence electrons. The molecular formula is C21H19Cl2N3O3. The van der Waals surface area contributed by atoms with Gasteiger partial charge in [0, 0.05) is 22.7 Å². The van der Waals surface area contributed by atoms with Crippen LogP contribution in [0.15, 0.2) is 53.5 Å². The van der Waals surface area contributed by atoms with Gasteiger partial charge in [0.2, 0.25) is 11.8 Å². The molecule has 2 aromatic carbocycles. The van der Waals surface area contributed by atoms with Crippen LogP contribution in [0.4, 0.5) is 5.69 Å². The lowest BCUT2D eigenvalue weighted by atomic mass is 10.00. The van der Waals surface area contributed by atoms with Gasteiger partial charge in [-0.2, -0.15) is 0 Å². The molecule has 2 atom stereocenters. The molecule has 0 aliphatic carbocycles. The Morgan fingerprint density at radius 2 is 1.76 bits per heavy atom. The molecule has 3 N–H and O–H groups in total. The van der Waals surface area contributed by atoms with Crippen LogP contribution in [0.2, 0.25) is 10.0 Å². The van der Waals surface area contributed by atoms with Crippen LogP contribution in [0.5, 0.6) is 0 Å². The number of pyridine rings is 1. The van der Waals surface area contributed by atoms with E-state index >= 15 is 0 Å². The summed E-state index contributed by atoms with van der Waals surface area (Å²) in [6.45, 7) is 3.31. The number of primary amides is 1. The van der Waals surface area contributed by atoms with Crippen molar-refractivity contribution in [3.8, 4) is 0 Å². The second-order valence-corrected chi connectivity index (χ2v) is 7.57. The number of carbonyl (C=O) groups excluding carboxylic acids is 2. The number of nitrogens with one attached hydrogen (secondary N) is 1. The minimum atomic E-state index is -0.778. The van der Waals surface area contributed by atoms with E-state index in [1.54, 1.807) is 56.3 Å². The number of aromatic nitrogens is 1. The molecule has 0 saturated heterocycles. The standard InChI is InChI=1S/C21H19Cl2N3O3/c1-11(13-6-7-16(22)17(23)10-13)20(28)25-18-5-3-4-15-14(18)8-9-26(21(15)29)12(2)19(24)27/h3-12H,1-2H3,(H2,24,27)(H,25,28)/t11-,12-/m1/s1. The molecule has 2 amide bonds. The SMILES string of the molecule is C[C@H](C(N)=O)n1ccc2c(NC(=O)[C@H](C)c3ccc(Cl)c(Cl)c3)cccc2c1=O. The number of hydrogen-bond acceptors (Lipinski definition) is 3. The van der Waals surface area contributed by atoms with Gasteiger partial charge in [0.15, 0.2) is 0 Å². The van der Waals surface area contributed by atoms with Gasteiger partial charge in [0.1, 0.15) is 6.04 Å². The van der Waals surface area contributed by atoms with E-state index in [0.29, 0.717) is 26.5 Å². The third-order valence-electron chi connectivity index (χ3n) is 4.90. The van der Waals surface area contributed by atoms with E-state index in [9.17, 15) is 14.4 Å². The highest BCUT2D eigenvalue weighted by molar-refractivity contribution is 6.42. The smallest absolute Gasteiger partial charge is 0.259 e. The normalized spacial score (nSPS) is 13.1. The predicted molar refractivity (Wildman–Crippen MR) is 116 cm³/mol. The van der Waals surface area contributed by atoms with Crippen LogP contribution in [0.25, 0.3) is 10.8 Å². The van der Waals surface area contributed by atoms with Crippen molar-refractivity contribution >= 4 is 51.5 Å². The van der Waals surface area contributed by atoms with Crippen LogP contribution in [0.3, 0.4) is 0 Å². The van der Waals surface area contributed by atoms with Crippen LogP contribution in [0.1, 0.15) is 31.4 Å². The molecule has 3 aromatic rings. The fourth-order valence-corrected chi connectivity index (χ4v) is 3.32. The summed E-state index contributed by atoms with van der Waals surface area (Å²) in [5.41, 5.74) is 6.17. The average molecular weight is 432 g/mol. The second-order valence-electron chi connectivity index (χ2n) is 6.76. The Morgan fingerprint density at radius 3 is 2.41 bits per heavy atom. The monoisotopic (exact) mass is 431 g/mol. The molecule has 0 radical (unpaired) electrons. The number of benzene rings is 2. The van der Waals surface area contributed by atoms with Crippen LogP contribution >= 0.6 is 23.2 Å². The molecule has 6 nitrogen and oxygen atoms in total. The predicted octanol–water partition coefficient (Wildman–Crippen LogP) is 4.10. The van der Waals surface area contributed by atoms with E-state index in [-0.39, 0.29) is 11.5 Å². The summed E-state index contributed by atoms with van der Waals surface area (Å²) >= 11 is 12.0. The highest BCUT2D eigenvalue weighted by Crippen LogP contribution is 2.28. The lowest BCUT2D eigenvalue weighted by Crippen LogP contribution is -2.31. The second kappa shape index (κ2) is 8.27. The van der Waals surface area contributed by atoms with E-state index in [2.05, 4.69) is 5.32 Å². The van der Waals surface area contributed by atoms with Crippen molar-refractivity contribution in [2.24, 2.45) is 5.73 Å². The number of nitrogens with two attached hydrogens (primary N) is 1. The summed E-state index contributed by atoms with van der Waals surface area (Å²) in [5, 5.41) is 4.59. The number of nitrogens with zero attached hydrogens (tertiary/aromatic N) is 1. The quantitative estimate of drug-likeness (QED) is 0.636. The third-order valence-corrected chi connectivity index (χ3v) is 5.64. The van der Waals surface area contributed by atoms with E-state index in [1.807, 2.05) is 0 Å². The highest BCUT2D eigenvalue weighted by Gasteiger charge is 2.19. The number of rotatable bonds is 5. The Kier molecular flexibility index (Phi) is 5.96. The zero-order valence-electron chi connectivity index (χ0n) is 15.8. The third kappa shape index (κ3) is 4.13. The van der Waals surface area contributed by atoms with Crippen molar-refractivity contribution in [3.05, 3.63) is 74.6 Å². The van der Waals surface area contributed by atoms with E-state index in [0.717, 1.165) is 5.56 Å². The molecule has 3 rings (SSSR count). The van der Waals surface area contributed by atoms with Crippen LogP contribution in [-0.2, 0) is 9.59 Å². The first-order valence-corrected chi connectivity index (χ1v) is 9.65. The number of fused-ring (bicyclic) bond motifs is 1. The molecule has 29 heavy (non-hydrogen) atoms.